The number of hydrogen-bond acceptors (Lipinski definition) is 9. The van der Waals surface area contributed by atoms with Crippen LogP contribution in [-0.4, -0.2) is 53.2 Å². The van der Waals surface area contributed by atoms with Gasteiger partial charge in [0.1, 0.15) is 25.4 Å². The number of nitrogens with zero attached hydrogens (tertiary/aromatic N) is 8. The zero-order valence-corrected chi connectivity index (χ0v) is 16.7. The molecule has 1 aliphatic heterocycles. The van der Waals surface area contributed by atoms with Crippen LogP contribution in [0.15, 0.2) is 24.9 Å². The van der Waals surface area contributed by atoms with Gasteiger partial charge in [-0.2, -0.15) is 15.0 Å². The molecule has 0 saturated carbocycles. The highest BCUT2D eigenvalue weighted by molar-refractivity contribution is 5.88. The summed E-state index contributed by atoms with van der Waals surface area (Å²) in [4.78, 5) is 38.8. The van der Waals surface area contributed by atoms with E-state index in [1.54, 1.807) is 24.0 Å². The summed E-state index contributed by atoms with van der Waals surface area (Å²) >= 11 is 0. The largest absolute Gasteiger partial charge is 0.447 e. The van der Waals surface area contributed by atoms with Crippen LogP contribution in [0.2, 0.25) is 0 Å². The third-order valence-corrected chi connectivity index (χ3v) is 4.52. The normalized spacial score (nSPS) is 17.1. The maximum Gasteiger partial charge on any atom is 0.417 e. The SMILES string of the molecule is Cc1nc(N[C@@H](C)c2cn(-c3cnc(CF)cn3)cn2)nc(N2C(=O)OC[C@@H]2C)n1. The monoisotopic (exact) mass is 413 g/mol. The molecule has 0 aromatic carbocycles. The Morgan fingerprint density at radius 3 is 2.77 bits per heavy atom. The minimum atomic E-state index is -0.662. The van der Waals surface area contributed by atoms with Crippen LogP contribution in [0, 0.1) is 6.92 Å². The molecule has 11 nitrogen and oxygen atoms in total. The van der Waals surface area contributed by atoms with Crippen molar-refractivity contribution < 1.29 is 13.9 Å². The predicted molar refractivity (Wildman–Crippen MR) is 104 cm³/mol. The van der Waals surface area contributed by atoms with Gasteiger partial charge in [-0.15, -0.1) is 0 Å². The molecule has 1 fully saturated rings. The van der Waals surface area contributed by atoms with Crippen molar-refractivity contribution in [2.45, 2.75) is 39.5 Å². The van der Waals surface area contributed by atoms with Gasteiger partial charge in [0.25, 0.3) is 0 Å². The molecule has 1 amide bonds. The van der Waals surface area contributed by atoms with Gasteiger partial charge in [-0.1, -0.05) is 0 Å². The summed E-state index contributed by atoms with van der Waals surface area (Å²) in [5.41, 5.74) is 0.978. The number of carbonyl (C=O) groups is 1. The zero-order chi connectivity index (χ0) is 21.3. The van der Waals surface area contributed by atoms with Crippen molar-refractivity contribution in [3.05, 3.63) is 42.1 Å². The van der Waals surface area contributed by atoms with E-state index in [1.165, 1.54) is 17.3 Å². The number of carbonyl (C=O) groups excluding carboxylic acids is 1. The van der Waals surface area contributed by atoms with Gasteiger partial charge in [0.05, 0.1) is 35.9 Å². The lowest BCUT2D eigenvalue weighted by atomic mass is 10.2. The molecule has 0 bridgehead atoms. The molecule has 0 radical (unpaired) electrons. The third-order valence-electron chi connectivity index (χ3n) is 4.52. The average molecular weight is 413 g/mol. The Balaban J connectivity index is 1.52. The second-order valence-corrected chi connectivity index (χ2v) is 6.87. The lowest BCUT2D eigenvalue weighted by Crippen LogP contribution is -2.33. The van der Waals surface area contributed by atoms with E-state index in [1.807, 2.05) is 13.8 Å². The number of imidazole rings is 1. The fourth-order valence-corrected chi connectivity index (χ4v) is 2.94. The Kier molecular flexibility index (Phi) is 5.21. The van der Waals surface area contributed by atoms with Crippen LogP contribution in [0.25, 0.3) is 5.82 Å². The van der Waals surface area contributed by atoms with E-state index in [2.05, 4.69) is 35.2 Å². The Hall–Kier alpha value is -3.70. The molecule has 156 valence electrons. The highest BCUT2D eigenvalue weighted by atomic mass is 19.1. The van der Waals surface area contributed by atoms with Crippen molar-refractivity contribution in [2.24, 2.45) is 0 Å². The van der Waals surface area contributed by atoms with Crippen molar-refractivity contribution in [3.63, 3.8) is 0 Å². The molecule has 3 aromatic rings. The van der Waals surface area contributed by atoms with Gasteiger partial charge in [0.2, 0.25) is 11.9 Å². The maximum atomic E-state index is 12.6. The van der Waals surface area contributed by atoms with Crippen molar-refractivity contribution in [2.75, 3.05) is 16.8 Å². The molecule has 1 aliphatic rings. The summed E-state index contributed by atoms with van der Waals surface area (Å²) < 4.78 is 19.3. The van der Waals surface area contributed by atoms with Crippen LogP contribution < -0.4 is 10.2 Å². The van der Waals surface area contributed by atoms with Crippen molar-refractivity contribution >= 4 is 18.0 Å². The summed E-state index contributed by atoms with van der Waals surface area (Å²) in [6.07, 6.45) is 5.77. The predicted octanol–water partition coefficient (Wildman–Crippen LogP) is 2.14. The number of ether oxygens (including phenoxy) is 1. The lowest BCUT2D eigenvalue weighted by molar-refractivity contribution is 0.179. The molecule has 30 heavy (non-hydrogen) atoms. The minimum absolute atomic E-state index is 0.162. The van der Waals surface area contributed by atoms with Crippen LogP contribution in [-0.2, 0) is 11.4 Å². The number of aromatic nitrogens is 7. The molecule has 12 heteroatoms. The first kappa shape index (κ1) is 19.6. The molecular weight excluding hydrogens is 393 g/mol. The van der Waals surface area contributed by atoms with Crippen LogP contribution in [0.1, 0.15) is 37.1 Å². The molecule has 4 rings (SSSR count). The molecule has 0 unspecified atom stereocenters. The van der Waals surface area contributed by atoms with E-state index in [0.717, 1.165) is 0 Å². The van der Waals surface area contributed by atoms with Gasteiger partial charge in [-0.05, 0) is 20.8 Å². The zero-order valence-electron chi connectivity index (χ0n) is 16.7. The van der Waals surface area contributed by atoms with Crippen molar-refractivity contribution in [1.29, 1.82) is 0 Å². The Morgan fingerprint density at radius 1 is 1.27 bits per heavy atom. The quantitative estimate of drug-likeness (QED) is 0.647. The average Bonchev–Trinajstić information content (AvgIpc) is 3.34. The minimum Gasteiger partial charge on any atom is -0.447 e. The second-order valence-electron chi connectivity index (χ2n) is 6.87. The highest BCUT2D eigenvalue weighted by Gasteiger charge is 2.33. The van der Waals surface area contributed by atoms with Crippen LogP contribution in [0.5, 0.6) is 0 Å². The number of hydrogen-bond donors (Lipinski definition) is 1. The first-order valence-corrected chi connectivity index (χ1v) is 9.31. The van der Waals surface area contributed by atoms with Crippen LogP contribution in [0.3, 0.4) is 0 Å². The molecular formula is C18H20FN9O2. The molecule has 2 atom stereocenters. The van der Waals surface area contributed by atoms with Gasteiger partial charge in [-0.3, -0.25) is 9.55 Å². The Morgan fingerprint density at radius 2 is 2.10 bits per heavy atom. The van der Waals surface area contributed by atoms with E-state index >= 15 is 0 Å². The number of halogens is 1. The summed E-state index contributed by atoms with van der Waals surface area (Å²) in [6, 6.07) is -0.410. The fraction of sp³-hybridized carbons (Fsp3) is 0.389. The highest BCUT2D eigenvalue weighted by Crippen LogP contribution is 2.22. The number of nitrogens with one attached hydrogen (secondary N) is 1. The lowest BCUT2D eigenvalue weighted by Gasteiger charge is -2.18. The fourth-order valence-electron chi connectivity index (χ4n) is 2.94. The summed E-state index contributed by atoms with van der Waals surface area (Å²) in [6.45, 7) is 5.10. The van der Waals surface area contributed by atoms with E-state index in [0.29, 0.717) is 23.3 Å². The summed E-state index contributed by atoms with van der Waals surface area (Å²) in [5, 5.41) is 3.17. The first-order chi connectivity index (χ1) is 14.4. The summed E-state index contributed by atoms with van der Waals surface area (Å²) in [5.74, 6) is 1.55. The Bertz CT molecular complexity index is 1060. The third kappa shape index (κ3) is 3.88. The standard InChI is InChI=1S/C18H20FN9O2/c1-10-8-30-18(29)28(10)17-25-12(3)24-16(26-17)23-11(2)14-7-27(9-22-14)15-6-20-13(4-19)5-21-15/h5-7,9-11H,4,8H2,1-3H3,(H,23,24,25,26)/t10-,11-/m0/s1. The van der Waals surface area contributed by atoms with Crippen molar-refractivity contribution in [1.82, 2.24) is 34.5 Å². The Labute approximate surface area is 171 Å². The number of anilines is 2. The van der Waals surface area contributed by atoms with Crippen molar-refractivity contribution in [3.8, 4) is 5.82 Å². The molecule has 3 aromatic heterocycles. The van der Waals surface area contributed by atoms with Crippen LogP contribution in [0.4, 0.5) is 21.1 Å². The molecule has 0 aliphatic carbocycles. The molecule has 0 spiro atoms. The van der Waals surface area contributed by atoms with Gasteiger partial charge in [-0.25, -0.2) is 24.1 Å². The van der Waals surface area contributed by atoms with E-state index in [9.17, 15) is 9.18 Å². The van der Waals surface area contributed by atoms with E-state index < -0.39 is 12.8 Å². The van der Waals surface area contributed by atoms with Gasteiger partial charge >= 0.3 is 6.09 Å². The number of rotatable bonds is 6. The van der Waals surface area contributed by atoms with Gasteiger partial charge in [0.15, 0.2) is 5.82 Å². The van der Waals surface area contributed by atoms with Gasteiger partial charge < -0.3 is 10.1 Å². The number of amides is 1. The number of aryl methyl sites for hydroxylation is 1. The molecule has 4 heterocycles. The second kappa shape index (κ2) is 7.97. The smallest absolute Gasteiger partial charge is 0.417 e. The van der Waals surface area contributed by atoms with E-state index in [4.69, 9.17) is 4.74 Å². The number of cyclic esters (lactones) is 1. The number of alkyl halides is 1. The topological polar surface area (TPSA) is 124 Å². The first-order valence-electron chi connectivity index (χ1n) is 9.31. The van der Waals surface area contributed by atoms with Crippen LogP contribution >= 0.6 is 0 Å². The van der Waals surface area contributed by atoms with E-state index in [-0.39, 0.29) is 30.3 Å². The maximum absolute atomic E-state index is 12.6. The summed E-state index contributed by atoms with van der Waals surface area (Å²) in [7, 11) is 0. The molecule has 1 saturated heterocycles. The molecule has 1 N–H and O–H groups in total. The van der Waals surface area contributed by atoms with Gasteiger partial charge in [0, 0.05) is 6.20 Å².